The molecule has 2 aromatic rings. The van der Waals surface area contributed by atoms with E-state index in [4.69, 9.17) is 14.3 Å². The number of carbonyl (C=O) groups excluding carboxylic acids is 2. The van der Waals surface area contributed by atoms with Gasteiger partial charge in [-0.05, 0) is 31.2 Å². The van der Waals surface area contributed by atoms with Gasteiger partial charge in [-0.1, -0.05) is 0 Å². The third-order valence-electron chi connectivity index (χ3n) is 3.80. The highest BCUT2D eigenvalue weighted by atomic mass is 16.7. The van der Waals surface area contributed by atoms with Crippen molar-refractivity contribution in [3.8, 4) is 11.5 Å². The van der Waals surface area contributed by atoms with Crippen LogP contribution in [0.1, 0.15) is 27.6 Å². The number of benzene rings is 2. The van der Waals surface area contributed by atoms with Crippen molar-refractivity contribution in [2.75, 3.05) is 20.8 Å². The SMILES string of the molecule is COc1ccc2c3c(ccc(OC)c13)C(=O)N(OCC(C)O)C2=O. The maximum atomic E-state index is 12.6. The van der Waals surface area contributed by atoms with Gasteiger partial charge in [0.2, 0.25) is 0 Å². The van der Waals surface area contributed by atoms with Crippen molar-refractivity contribution in [2.45, 2.75) is 13.0 Å². The summed E-state index contributed by atoms with van der Waals surface area (Å²) in [6, 6.07) is 6.45. The molecule has 1 aliphatic rings. The van der Waals surface area contributed by atoms with Crippen molar-refractivity contribution >= 4 is 22.6 Å². The number of amides is 2. The van der Waals surface area contributed by atoms with Crippen LogP contribution in [0.25, 0.3) is 10.8 Å². The van der Waals surface area contributed by atoms with Gasteiger partial charge in [0, 0.05) is 5.39 Å². The smallest absolute Gasteiger partial charge is 0.285 e. The standard InChI is InChI=1S/C17H17NO6/c1-9(19)8-24-18-16(20)10-4-6-12(22-2)15-13(23-3)7-5-11(14(10)15)17(18)21/h4-7,9,19H,8H2,1-3H3. The van der Waals surface area contributed by atoms with E-state index in [0.29, 0.717) is 38.5 Å². The number of hydrogen-bond donors (Lipinski definition) is 1. The van der Waals surface area contributed by atoms with Gasteiger partial charge in [0.1, 0.15) is 18.1 Å². The van der Waals surface area contributed by atoms with Crippen LogP contribution in [-0.2, 0) is 4.84 Å². The molecule has 1 atom stereocenters. The molecule has 0 saturated carbocycles. The fourth-order valence-corrected chi connectivity index (χ4v) is 2.74. The zero-order valence-electron chi connectivity index (χ0n) is 13.5. The molecule has 0 radical (unpaired) electrons. The van der Waals surface area contributed by atoms with Crippen LogP contribution < -0.4 is 9.47 Å². The molecule has 24 heavy (non-hydrogen) atoms. The first-order valence-corrected chi connectivity index (χ1v) is 7.37. The van der Waals surface area contributed by atoms with Crippen molar-refractivity contribution in [1.82, 2.24) is 5.06 Å². The fraction of sp³-hybridized carbons (Fsp3) is 0.294. The highest BCUT2D eigenvalue weighted by Gasteiger charge is 2.35. The molecule has 2 aromatic carbocycles. The van der Waals surface area contributed by atoms with Crippen LogP contribution in [0.15, 0.2) is 24.3 Å². The van der Waals surface area contributed by atoms with Gasteiger partial charge < -0.3 is 14.6 Å². The maximum absolute atomic E-state index is 12.6. The van der Waals surface area contributed by atoms with Crippen LogP contribution in [-0.4, -0.2) is 48.9 Å². The van der Waals surface area contributed by atoms with Crippen LogP contribution in [0.5, 0.6) is 11.5 Å². The van der Waals surface area contributed by atoms with Crippen molar-refractivity contribution < 1.29 is 29.0 Å². The average Bonchev–Trinajstić information content (AvgIpc) is 2.58. The molecule has 1 heterocycles. The minimum atomic E-state index is -0.807. The Morgan fingerprint density at radius 3 is 1.88 bits per heavy atom. The number of ether oxygens (including phenoxy) is 2. The summed E-state index contributed by atoms with van der Waals surface area (Å²) in [5, 5.41) is 11.1. The topological polar surface area (TPSA) is 85.3 Å². The lowest BCUT2D eigenvalue weighted by Crippen LogP contribution is -2.41. The highest BCUT2D eigenvalue weighted by Crippen LogP contribution is 2.40. The third kappa shape index (κ3) is 2.38. The summed E-state index contributed by atoms with van der Waals surface area (Å²) in [7, 11) is 3.02. The van der Waals surface area contributed by atoms with Crippen molar-refractivity contribution in [2.24, 2.45) is 0 Å². The predicted octanol–water partition coefficient (Wildman–Crippen LogP) is 1.77. The zero-order valence-corrected chi connectivity index (χ0v) is 13.5. The summed E-state index contributed by atoms with van der Waals surface area (Å²) in [6.07, 6.45) is -0.807. The predicted molar refractivity (Wildman–Crippen MR) is 85.2 cm³/mol. The Labute approximate surface area is 138 Å². The normalized spacial score (nSPS) is 14.9. The molecule has 7 nitrogen and oxygen atoms in total. The Morgan fingerprint density at radius 2 is 1.46 bits per heavy atom. The molecular formula is C17H17NO6. The molecule has 7 heteroatoms. The van der Waals surface area contributed by atoms with Crippen molar-refractivity contribution in [3.05, 3.63) is 35.4 Å². The molecular weight excluding hydrogens is 314 g/mol. The number of methoxy groups -OCH3 is 2. The second kappa shape index (κ2) is 6.10. The largest absolute Gasteiger partial charge is 0.496 e. The van der Waals surface area contributed by atoms with Crippen LogP contribution in [0.2, 0.25) is 0 Å². The van der Waals surface area contributed by atoms with Gasteiger partial charge in [-0.15, -0.1) is 5.06 Å². The van der Waals surface area contributed by atoms with E-state index < -0.39 is 17.9 Å². The second-order valence-electron chi connectivity index (χ2n) is 5.43. The van der Waals surface area contributed by atoms with E-state index in [9.17, 15) is 14.7 Å². The third-order valence-corrected chi connectivity index (χ3v) is 3.80. The second-order valence-corrected chi connectivity index (χ2v) is 5.43. The Kier molecular flexibility index (Phi) is 4.13. The van der Waals surface area contributed by atoms with Gasteiger partial charge in [-0.2, -0.15) is 0 Å². The Morgan fingerprint density at radius 1 is 0.958 bits per heavy atom. The number of rotatable bonds is 5. The van der Waals surface area contributed by atoms with E-state index in [2.05, 4.69) is 0 Å². The highest BCUT2D eigenvalue weighted by molar-refractivity contribution is 6.26. The Hall–Kier alpha value is -2.64. The van der Waals surface area contributed by atoms with E-state index in [-0.39, 0.29) is 6.61 Å². The Balaban J connectivity index is 2.22. The number of nitrogens with zero attached hydrogens (tertiary/aromatic N) is 1. The van der Waals surface area contributed by atoms with E-state index in [0.717, 1.165) is 0 Å². The molecule has 3 rings (SSSR count). The molecule has 126 valence electrons. The molecule has 0 aliphatic carbocycles. The van der Waals surface area contributed by atoms with E-state index >= 15 is 0 Å². The average molecular weight is 331 g/mol. The van der Waals surface area contributed by atoms with Crippen LogP contribution in [0.3, 0.4) is 0 Å². The number of hydroxylamine groups is 2. The summed E-state index contributed by atoms with van der Waals surface area (Å²) < 4.78 is 10.7. The van der Waals surface area contributed by atoms with Gasteiger partial charge in [-0.25, -0.2) is 0 Å². The lowest BCUT2D eigenvalue weighted by molar-refractivity contribution is -0.116. The van der Waals surface area contributed by atoms with Crippen molar-refractivity contribution in [1.29, 1.82) is 0 Å². The first-order valence-electron chi connectivity index (χ1n) is 7.37. The minimum absolute atomic E-state index is 0.164. The maximum Gasteiger partial charge on any atom is 0.285 e. The Bertz CT molecular complexity index is 771. The number of imide groups is 1. The molecule has 0 aromatic heterocycles. The van der Waals surface area contributed by atoms with Gasteiger partial charge in [0.25, 0.3) is 11.8 Å². The van der Waals surface area contributed by atoms with E-state index in [1.54, 1.807) is 24.3 Å². The monoisotopic (exact) mass is 331 g/mol. The van der Waals surface area contributed by atoms with Crippen LogP contribution in [0, 0.1) is 0 Å². The molecule has 1 N–H and O–H groups in total. The molecule has 1 unspecified atom stereocenters. The van der Waals surface area contributed by atoms with Gasteiger partial charge >= 0.3 is 0 Å². The summed E-state index contributed by atoms with van der Waals surface area (Å²) in [4.78, 5) is 30.5. The molecule has 1 aliphatic heterocycles. The summed E-state index contributed by atoms with van der Waals surface area (Å²) >= 11 is 0. The van der Waals surface area contributed by atoms with Gasteiger partial charge in [0.15, 0.2) is 0 Å². The zero-order chi connectivity index (χ0) is 17.4. The van der Waals surface area contributed by atoms with Gasteiger partial charge in [0.05, 0.1) is 36.8 Å². The molecule has 0 saturated heterocycles. The molecule has 0 fully saturated rings. The first-order chi connectivity index (χ1) is 11.5. The minimum Gasteiger partial charge on any atom is -0.496 e. The molecule has 0 bridgehead atoms. The van der Waals surface area contributed by atoms with Crippen LogP contribution in [0.4, 0.5) is 0 Å². The lowest BCUT2D eigenvalue weighted by atomic mass is 9.93. The molecule has 0 spiro atoms. The summed E-state index contributed by atoms with van der Waals surface area (Å²) in [6.45, 7) is 1.34. The van der Waals surface area contributed by atoms with Gasteiger partial charge in [-0.3, -0.25) is 14.4 Å². The number of hydrogen-bond acceptors (Lipinski definition) is 6. The summed E-state index contributed by atoms with van der Waals surface area (Å²) in [5.74, 6) is -0.166. The number of carbonyl (C=O) groups is 2. The number of aliphatic hydroxyl groups excluding tert-OH is 1. The van der Waals surface area contributed by atoms with E-state index in [1.165, 1.54) is 21.1 Å². The fourth-order valence-electron chi connectivity index (χ4n) is 2.74. The van der Waals surface area contributed by atoms with Crippen molar-refractivity contribution in [3.63, 3.8) is 0 Å². The quantitative estimate of drug-likeness (QED) is 0.841. The summed E-state index contributed by atoms with van der Waals surface area (Å²) in [5.41, 5.74) is 0.620. The first kappa shape index (κ1) is 16.2. The lowest BCUT2D eigenvalue weighted by Gasteiger charge is -2.27. The number of aliphatic hydroxyl groups is 1. The molecule has 2 amide bonds. The van der Waals surface area contributed by atoms with Crippen LogP contribution >= 0.6 is 0 Å². The van der Waals surface area contributed by atoms with E-state index in [1.807, 2.05) is 0 Å².